The maximum absolute atomic E-state index is 6.10. The van der Waals surface area contributed by atoms with E-state index in [9.17, 15) is 0 Å². The van der Waals surface area contributed by atoms with Gasteiger partial charge in [-0.25, -0.2) is 15.0 Å². The first-order chi connectivity index (χ1) is 16.1. The molecule has 0 fully saturated rings. The van der Waals surface area contributed by atoms with Gasteiger partial charge in [0.05, 0.1) is 33.3 Å². The third-order valence-corrected chi connectivity index (χ3v) is 6.20. The normalized spacial score (nSPS) is 10.9. The lowest BCUT2D eigenvalue weighted by atomic mass is 10.1. The van der Waals surface area contributed by atoms with Crippen molar-refractivity contribution in [3.63, 3.8) is 0 Å². The van der Waals surface area contributed by atoms with Crippen molar-refractivity contribution >= 4 is 28.7 Å². The van der Waals surface area contributed by atoms with Crippen molar-refractivity contribution in [1.82, 2.24) is 19.5 Å². The van der Waals surface area contributed by atoms with E-state index in [1.165, 1.54) is 18.1 Å². The largest absolute Gasteiger partial charge is 0.497 e. The molecule has 4 rings (SSSR count). The van der Waals surface area contributed by atoms with Crippen LogP contribution in [0.3, 0.4) is 0 Å². The first-order valence-corrected chi connectivity index (χ1v) is 11.0. The Morgan fingerprint density at radius 3 is 2.36 bits per heavy atom. The molecule has 0 atom stereocenters. The highest BCUT2D eigenvalue weighted by molar-refractivity contribution is 7.99. The predicted octanol–water partition coefficient (Wildman–Crippen LogP) is 3.84. The fourth-order valence-electron chi connectivity index (χ4n) is 3.45. The number of benzene rings is 2. The van der Waals surface area contributed by atoms with Gasteiger partial charge in [0.1, 0.15) is 17.8 Å². The van der Waals surface area contributed by atoms with Crippen molar-refractivity contribution in [2.45, 2.75) is 23.0 Å². The number of aromatic nitrogens is 4. The van der Waals surface area contributed by atoms with E-state index >= 15 is 0 Å². The molecule has 0 saturated heterocycles. The lowest BCUT2D eigenvalue weighted by molar-refractivity contribution is 0.354. The lowest BCUT2D eigenvalue weighted by Crippen LogP contribution is -2.05. The second-order valence-electron chi connectivity index (χ2n) is 7.04. The van der Waals surface area contributed by atoms with Gasteiger partial charge in [0.25, 0.3) is 0 Å². The summed E-state index contributed by atoms with van der Waals surface area (Å²) in [5.74, 6) is 3.16. The zero-order valence-corrected chi connectivity index (χ0v) is 19.7. The molecule has 0 unspecified atom stereocenters. The molecule has 4 aromatic rings. The van der Waals surface area contributed by atoms with Crippen molar-refractivity contribution < 1.29 is 18.9 Å². The van der Waals surface area contributed by atoms with Crippen LogP contribution in [0, 0.1) is 0 Å². The number of fused-ring (bicyclic) bond motifs is 1. The Balaban J connectivity index is 1.71. The van der Waals surface area contributed by atoms with E-state index in [0.717, 1.165) is 33.5 Å². The molecule has 9 nitrogen and oxygen atoms in total. The quantitative estimate of drug-likeness (QED) is 0.393. The number of nitrogens with zero attached hydrogens (tertiary/aromatic N) is 4. The molecule has 0 aliphatic carbocycles. The molecule has 2 heterocycles. The highest BCUT2D eigenvalue weighted by Gasteiger charge is 2.18. The molecule has 172 valence electrons. The molecule has 2 N–H and O–H groups in total. The maximum Gasteiger partial charge on any atom is 0.175 e. The Hall–Kier alpha value is -3.66. The van der Waals surface area contributed by atoms with E-state index in [4.69, 9.17) is 29.7 Å². The molecule has 2 aromatic carbocycles. The molecule has 0 aliphatic rings. The van der Waals surface area contributed by atoms with E-state index in [1.54, 1.807) is 28.4 Å². The number of anilines is 1. The van der Waals surface area contributed by atoms with Gasteiger partial charge in [-0.1, -0.05) is 6.07 Å². The Bertz CT molecular complexity index is 1280. The van der Waals surface area contributed by atoms with Crippen molar-refractivity contribution in [3.05, 3.63) is 48.3 Å². The number of imidazole rings is 1. The number of rotatable bonds is 9. The second kappa shape index (κ2) is 9.86. The smallest absolute Gasteiger partial charge is 0.175 e. The number of hydrogen-bond donors (Lipinski definition) is 1. The zero-order valence-electron chi connectivity index (χ0n) is 18.9. The molecule has 0 bridgehead atoms. The Morgan fingerprint density at radius 1 is 0.879 bits per heavy atom. The summed E-state index contributed by atoms with van der Waals surface area (Å²) in [6, 6.07) is 11.5. The van der Waals surface area contributed by atoms with Crippen LogP contribution in [0.15, 0.2) is 52.8 Å². The van der Waals surface area contributed by atoms with Gasteiger partial charge in [-0.2, -0.15) is 0 Å². The van der Waals surface area contributed by atoms with E-state index in [2.05, 4.69) is 9.97 Å². The highest BCUT2D eigenvalue weighted by atomic mass is 32.2. The SMILES string of the molecule is COc1ccc(OC)c(Sc2nc3c(N)ncnc3n2CCc2ccc(OC)c(OC)c2)c1. The van der Waals surface area contributed by atoms with Crippen molar-refractivity contribution in [2.24, 2.45) is 0 Å². The molecule has 33 heavy (non-hydrogen) atoms. The Kier molecular flexibility index (Phi) is 6.74. The van der Waals surface area contributed by atoms with E-state index in [0.29, 0.717) is 35.0 Å². The molecular weight excluding hydrogens is 442 g/mol. The van der Waals surface area contributed by atoms with Gasteiger partial charge in [0.2, 0.25) is 0 Å². The van der Waals surface area contributed by atoms with Crippen molar-refractivity contribution in [3.8, 4) is 23.0 Å². The fraction of sp³-hybridized carbons (Fsp3) is 0.261. The Morgan fingerprint density at radius 2 is 1.64 bits per heavy atom. The van der Waals surface area contributed by atoms with Crippen LogP contribution < -0.4 is 24.7 Å². The summed E-state index contributed by atoms with van der Waals surface area (Å²) < 4.78 is 23.7. The molecule has 0 saturated carbocycles. The third kappa shape index (κ3) is 4.61. The van der Waals surface area contributed by atoms with Gasteiger partial charge >= 0.3 is 0 Å². The molecule has 0 radical (unpaired) electrons. The summed E-state index contributed by atoms with van der Waals surface area (Å²) in [7, 11) is 6.51. The van der Waals surface area contributed by atoms with E-state index < -0.39 is 0 Å². The van der Waals surface area contributed by atoms with Gasteiger partial charge in [-0.05, 0) is 54.1 Å². The average Bonchev–Trinajstić information content (AvgIpc) is 3.20. The summed E-state index contributed by atoms with van der Waals surface area (Å²) in [6.07, 6.45) is 2.17. The minimum atomic E-state index is 0.337. The van der Waals surface area contributed by atoms with Crippen LogP contribution in [0.2, 0.25) is 0 Å². The minimum Gasteiger partial charge on any atom is -0.497 e. The summed E-state index contributed by atoms with van der Waals surface area (Å²) in [6.45, 7) is 0.622. The van der Waals surface area contributed by atoms with Gasteiger partial charge in [-0.15, -0.1) is 0 Å². The molecule has 0 aliphatic heterocycles. The number of ether oxygens (including phenoxy) is 4. The van der Waals surface area contributed by atoms with Crippen LogP contribution in [0.25, 0.3) is 11.2 Å². The van der Waals surface area contributed by atoms with Gasteiger partial charge in [0.15, 0.2) is 33.6 Å². The monoisotopic (exact) mass is 467 g/mol. The summed E-state index contributed by atoms with van der Waals surface area (Å²) >= 11 is 1.46. The van der Waals surface area contributed by atoms with Crippen LogP contribution in [-0.4, -0.2) is 48.0 Å². The number of nitrogens with two attached hydrogens (primary N) is 1. The molecule has 2 aromatic heterocycles. The van der Waals surface area contributed by atoms with Crippen LogP contribution in [-0.2, 0) is 13.0 Å². The number of nitrogen functional groups attached to an aromatic ring is 1. The van der Waals surface area contributed by atoms with E-state index in [1.807, 2.05) is 41.0 Å². The molecule has 10 heteroatoms. The standard InChI is InChI=1S/C23H25N5O4S/c1-29-15-6-8-17(31-3)19(12-15)33-23-27-20-21(24)25-13-26-22(20)28(23)10-9-14-5-7-16(30-2)18(11-14)32-4/h5-8,11-13H,9-10H2,1-4H3,(H2,24,25,26). The Labute approximate surface area is 195 Å². The van der Waals surface area contributed by atoms with Crippen LogP contribution in [0.4, 0.5) is 5.82 Å². The topological polar surface area (TPSA) is 107 Å². The first-order valence-electron chi connectivity index (χ1n) is 10.2. The zero-order chi connectivity index (χ0) is 23.4. The molecular formula is C23H25N5O4S. The second-order valence-corrected chi connectivity index (χ2v) is 8.04. The molecule has 0 spiro atoms. The van der Waals surface area contributed by atoms with Gasteiger partial charge < -0.3 is 29.2 Å². The van der Waals surface area contributed by atoms with Crippen LogP contribution in [0.5, 0.6) is 23.0 Å². The fourth-order valence-corrected chi connectivity index (χ4v) is 4.50. The lowest BCUT2D eigenvalue weighted by Gasteiger charge is -2.13. The summed E-state index contributed by atoms with van der Waals surface area (Å²) in [5, 5.41) is 0.726. The van der Waals surface area contributed by atoms with Crippen molar-refractivity contribution in [1.29, 1.82) is 0 Å². The van der Waals surface area contributed by atoms with Gasteiger partial charge in [0, 0.05) is 6.54 Å². The third-order valence-electron chi connectivity index (χ3n) is 5.17. The van der Waals surface area contributed by atoms with Crippen LogP contribution in [0.1, 0.15) is 5.56 Å². The average molecular weight is 468 g/mol. The van der Waals surface area contributed by atoms with Crippen molar-refractivity contribution in [2.75, 3.05) is 34.2 Å². The maximum atomic E-state index is 6.10. The highest BCUT2D eigenvalue weighted by Crippen LogP contribution is 2.38. The minimum absolute atomic E-state index is 0.337. The van der Waals surface area contributed by atoms with Gasteiger partial charge in [-0.3, -0.25) is 0 Å². The number of methoxy groups -OCH3 is 4. The molecule has 0 amide bonds. The van der Waals surface area contributed by atoms with E-state index in [-0.39, 0.29) is 0 Å². The summed E-state index contributed by atoms with van der Waals surface area (Å²) in [4.78, 5) is 14.2. The first kappa shape index (κ1) is 22.5. The number of aryl methyl sites for hydroxylation is 2. The predicted molar refractivity (Wildman–Crippen MR) is 127 cm³/mol. The summed E-state index contributed by atoms with van der Waals surface area (Å²) in [5.41, 5.74) is 8.43. The number of hydrogen-bond acceptors (Lipinski definition) is 9. The van der Waals surface area contributed by atoms with Crippen LogP contribution >= 0.6 is 11.8 Å².